The zero-order valence-corrected chi connectivity index (χ0v) is 24.1. The van der Waals surface area contributed by atoms with Crippen molar-refractivity contribution in [2.24, 2.45) is 0 Å². The quantitative estimate of drug-likeness (QED) is 0.326. The van der Waals surface area contributed by atoms with Crippen molar-refractivity contribution in [3.8, 4) is 5.75 Å². The Labute approximate surface area is 222 Å². The van der Waals surface area contributed by atoms with Gasteiger partial charge in [-0.25, -0.2) is 19.2 Å². The summed E-state index contributed by atoms with van der Waals surface area (Å²) in [7, 11) is -1.19. The zero-order chi connectivity index (χ0) is 26.7. The van der Waals surface area contributed by atoms with Gasteiger partial charge in [0.2, 0.25) is 5.95 Å². The van der Waals surface area contributed by atoms with E-state index in [9.17, 15) is 4.21 Å². The maximum atomic E-state index is 12.1. The van der Waals surface area contributed by atoms with Crippen molar-refractivity contribution in [1.82, 2.24) is 20.3 Å². The van der Waals surface area contributed by atoms with E-state index in [0.29, 0.717) is 29.3 Å². The van der Waals surface area contributed by atoms with E-state index < -0.39 is 11.0 Å². The van der Waals surface area contributed by atoms with Gasteiger partial charge in [-0.1, -0.05) is 32.2 Å². The number of ether oxygens (including phenoxy) is 1. The monoisotopic (exact) mass is 532 g/mol. The van der Waals surface area contributed by atoms with Crippen molar-refractivity contribution in [2.75, 3.05) is 23.1 Å². The molecule has 0 saturated carbocycles. The number of anilines is 2. The SMILES string of the molecule is C=C(C)S/C(=C(\C)Oc1cnc(NS(=O)C(C)C)cc1C)c1ccnc(NC2CCCNC2)n1.CC. The van der Waals surface area contributed by atoms with E-state index in [-0.39, 0.29) is 5.25 Å². The number of nitrogens with one attached hydrogen (secondary N) is 3. The lowest BCUT2D eigenvalue weighted by atomic mass is 10.1. The van der Waals surface area contributed by atoms with Crippen molar-refractivity contribution < 1.29 is 8.95 Å². The molecule has 3 heterocycles. The van der Waals surface area contributed by atoms with Gasteiger partial charge in [-0.3, -0.25) is 4.72 Å². The molecule has 1 saturated heterocycles. The highest BCUT2D eigenvalue weighted by molar-refractivity contribution is 8.11. The first-order valence-electron chi connectivity index (χ1n) is 12.4. The summed E-state index contributed by atoms with van der Waals surface area (Å²) in [6, 6.07) is 4.02. The molecule has 2 unspecified atom stereocenters. The number of hydrogen-bond acceptors (Lipinski definition) is 8. The fourth-order valence-electron chi connectivity index (χ4n) is 3.33. The highest BCUT2D eigenvalue weighted by Crippen LogP contribution is 2.36. The number of nitrogens with zero attached hydrogens (tertiary/aromatic N) is 3. The minimum Gasteiger partial charge on any atom is -0.459 e. The Hall–Kier alpha value is -2.43. The van der Waals surface area contributed by atoms with Crippen LogP contribution in [0.1, 0.15) is 65.6 Å². The molecule has 2 atom stereocenters. The lowest BCUT2D eigenvalue weighted by Gasteiger charge is -2.24. The van der Waals surface area contributed by atoms with Crippen LogP contribution >= 0.6 is 11.8 Å². The Morgan fingerprint density at radius 2 is 2.06 bits per heavy atom. The van der Waals surface area contributed by atoms with Gasteiger partial charge in [0.1, 0.15) is 28.3 Å². The Kier molecular flexibility index (Phi) is 12.4. The number of allylic oxidation sites excluding steroid dienone is 2. The first-order valence-corrected chi connectivity index (χ1v) is 14.4. The van der Waals surface area contributed by atoms with Gasteiger partial charge in [0.05, 0.1) is 16.8 Å². The molecule has 1 fully saturated rings. The van der Waals surface area contributed by atoms with E-state index in [4.69, 9.17) is 9.72 Å². The number of rotatable bonds is 10. The summed E-state index contributed by atoms with van der Waals surface area (Å²) in [6.07, 6.45) is 5.63. The van der Waals surface area contributed by atoms with Gasteiger partial charge in [0.25, 0.3) is 0 Å². The second-order valence-corrected chi connectivity index (χ2v) is 11.6. The van der Waals surface area contributed by atoms with Crippen molar-refractivity contribution in [2.45, 2.75) is 72.6 Å². The van der Waals surface area contributed by atoms with E-state index >= 15 is 0 Å². The number of pyridine rings is 1. The summed E-state index contributed by atoms with van der Waals surface area (Å²) >= 11 is 1.51. The topological polar surface area (TPSA) is 101 Å². The Morgan fingerprint density at radius 1 is 1.31 bits per heavy atom. The van der Waals surface area contributed by atoms with Gasteiger partial charge in [-0.05, 0) is 76.6 Å². The molecule has 1 aliphatic rings. The number of thioether (sulfide) groups is 1. The van der Waals surface area contributed by atoms with E-state index in [0.717, 1.165) is 47.0 Å². The molecule has 8 nitrogen and oxygen atoms in total. The second-order valence-electron chi connectivity index (χ2n) is 8.53. The molecule has 2 aromatic heterocycles. The average molecular weight is 533 g/mol. The largest absolute Gasteiger partial charge is 0.459 e. The van der Waals surface area contributed by atoms with Crippen molar-refractivity contribution >= 4 is 39.4 Å². The molecule has 198 valence electrons. The van der Waals surface area contributed by atoms with E-state index in [1.807, 2.05) is 60.6 Å². The van der Waals surface area contributed by atoms with Crippen LogP contribution in [-0.4, -0.2) is 43.5 Å². The van der Waals surface area contributed by atoms with Crippen LogP contribution in [0.3, 0.4) is 0 Å². The van der Waals surface area contributed by atoms with Gasteiger partial charge in [-0.2, -0.15) is 0 Å². The summed E-state index contributed by atoms with van der Waals surface area (Å²) in [5.74, 6) is 2.47. The van der Waals surface area contributed by atoms with E-state index in [2.05, 4.69) is 31.9 Å². The van der Waals surface area contributed by atoms with Crippen LogP contribution in [-0.2, 0) is 11.0 Å². The molecule has 1 aliphatic heterocycles. The van der Waals surface area contributed by atoms with Crippen LogP contribution in [0.2, 0.25) is 0 Å². The van der Waals surface area contributed by atoms with Gasteiger partial charge in [0.15, 0.2) is 0 Å². The number of hydrogen-bond donors (Lipinski definition) is 3. The molecule has 0 radical (unpaired) electrons. The van der Waals surface area contributed by atoms with Crippen LogP contribution in [0, 0.1) is 6.92 Å². The van der Waals surface area contributed by atoms with Crippen molar-refractivity contribution in [3.05, 3.63) is 53.0 Å². The van der Waals surface area contributed by atoms with E-state index in [1.165, 1.54) is 11.8 Å². The predicted molar refractivity (Wildman–Crippen MR) is 154 cm³/mol. The van der Waals surface area contributed by atoms with Crippen LogP contribution in [0.5, 0.6) is 5.75 Å². The van der Waals surface area contributed by atoms with Crippen molar-refractivity contribution in [3.63, 3.8) is 0 Å². The fourth-order valence-corrected chi connectivity index (χ4v) is 4.63. The molecular weight excluding hydrogens is 492 g/mol. The molecule has 0 aliphatic carbocycles. The van der Waals surface area contributed by atoms with Gasteiger partial charge in [-0.15, -0.1) is 0 Å². The Balaban J connectivity index is 0.00000222. The number of piperidine rings is 1. The minimum atomic E-state index is -1.19. The normalized spacial score (nSPS) is 16.8. The lowest BCUT2D eigenvalue weighted by Crippen LogP contribution is -2.38. The molecule has 2 aromatic rings. The Bertz CT molecular complexity index is 1070. The highest BCUT2D eigenvalue weighted by Gasteiger charge is 2.17. The zero-order valence-electron chi connectivity index (χ0n) is 22.5. The standard InChI is InChI=1S/C24H34N6O2S2.C2H6/c1-15(2)33-23(20-9-11-26-24(29-20)28-19-8-7-10-25-13-19)18(6)32-21-14-27-22(12-17(21)5)30-34(31)16(3)4;1-2/h9,11-12,14,16,19,25H,1,7-8,10,13H2,2-6H3,(H,27,30)(H,26,28,29);1-2H3/b23-18+;. The number of aromatic nitrogens is 3. The van der Waals surface area contributed by atoms with Gasteiger partial charge < -0.3 is 15.4 Å². The lowest BCUT2D eigenvalue weighted by molar-refractivity contribution is 0.427. The molecule has 0 spiro atoms. The molecule has 10 heteroatoms. The summed E-state index contributed by atoms with van der Waals surface area (Å²) in [5.41, 5.74) is 1.65. The Morgan fingerprint density at radius 3 is 2.67 bits per heavy atom. The second kappa shape index (κ2) is 15.0. The first-order chi connectivity index (χ1) is 17.2. The molecule has 0 bridgehead atoms. The summed E-state index contributed by atoms with van der Waals surface area (Å²) < 4.78 is 21.2. The first kappa shape index (κ1) is 29.8. The fraction of sp³-hybridized carbons (Fsp3) is 0.500. The molecule has 3 rings (SSSR count). The summed E-state index contributed by atoms with van der Waals surface area (Å²) in [6.45, 7) is 19.6. The van der Waals surface area contributed by atoms with Gasteiger partial charge >= 0.3 is 0 Å². The van der Waals surface area contributed by atoms with Crippen LogP contribution in [0.25, 0.3) is 4.91 Å². The summed E-state index contributed by atoms with van der Waals surface area (Å²) in [4.78, 5) is 15.3. The summed E-state index contributed by atoms with van der Waals surface area (Å²) in [5, 5.41) is 6.83. The van der Waals surface area contributed by atoms with Crippen LogP contribution in [0.15, 0.2) is 41.8 Å². The maximum Gasteiger partial charge on any atom is 0.223 e. The number of aryl methyl sites for hydroxylation is 1. The minimum absolute atomic E-state index is 0.00782. The third-order valence-corrected chi connectivity index (χ3v) is 7.39. The smallest absolute Gasteiger partial charge is 0.223 e. The van der Waals surface area contributed by atoms with Crippen LogP contribution < -0.4 is 20.1 Å². The van der Waals surface area contributed by atoms with E-state index in [1.54, 1.807) is 12.4 Å². The predicted octanol–water partition coefficient (Wildman–Crippen LogP) is 5.89. The van der Waals surface area contributed by atoms with Crippen LogP contribution in [0.4, 0.5) is 11.8 Å². The highest BCUT2D eigenvalue weighted by atomic mass is 32.2. The third-order valence-electron chi connectivity index (χ3n) is 5.07. The molecule has 0 aromatic carbocycles. The van der Waals surface area contributed by atoms with Crippen molar-refractivity contribution in [1.29, 1.82) is 0 Å². The molecular formula is C26H40N6O2S2. The third kappa shape index (κ3) is 9.22. The molecule has 0 amide bonds. The molecule has 3 N–H and O–H groups in total. The van der Waals surface area contributed by atoms with Gasteiger partial charge in [0, 0.05) is 24.0 Å². The maximum absolute atomic E-state index is 12.1. The molecule has 36 heavy (non-hydrogen) atoms. The average Bonchev–Trinajstić information content (AvgIpc) is 2.86.